The Kier molecular flexibility index (Phi) is 6.01. The number of amides is 1. The van der Waals surface area contributed by atoms with E-state index in [-0.39, 0.29) is 22.2 Å². The quantitative estimate of drug-likeness (QED) is 0.352. The van der Waals surface area contributed by atoms with Crippen molar-refractivity contribution in [1.29, 1.82) is 0 Å². The summed E-state index contributed by atoms with van der Waals surface area (Å²) in [6.07, 6.45) is 1.62. The maximum absolute atomic E-state index is 13.3. The number of fused-ring (bicyclic) bond motifs is 1. The molecule has 0 radical (unpaired) electrons. The van der Waals surface area contributed by atoms with E-state index in [1.807, 2.05) is 13.0 Å². The van der Waals surface area contributed by atoms with E-state index in [9.17, 15) is 14.0 Å². The molecule has 1 N–H and O–H groups in total. The molecule has 4 rings (SSSR count). The maximum Gasteiger partial charge on any atom is 0.267 e. The second kappa shape index (κ2) is 8.87. The lowest BCUT2D eigenvalue weighted by atomic mass is 10.2. The Morgan fingerprint density at radius 3 is 2.77 bits per heavy atom. The zero-order valence-corrected chi connectivity index (χ0v) is 17.9. The van der Waals surface area contributed by atoms with Crippen molar-refractivity contribution in [2.75, 3.05) is 11.1 Å². The van der Waals surface area contributed by atoms with Crippen molar-refractivity contribution in [3.8, 4) is 5.82 Å². The van der Waals surface area contributed by atoms with Gasteiger partial charge in [-0.3, -0.25) is 9.59 Å². The molecule has 0 saturated heterocycles. The molecule has 0 bridgehead atoms. The Balaban J connectivity index is 1.66. The zero-order chi connectivity index (χ0) is 22.0. The van der Waals surface area contributed by atoms with Crippen LogP contribution < -0.4 is 10.9 Å². The predicted molar refractivity (Wildman–Crippen MR) is 121 cm³/mol. The fourth-order valence-corrected chi connectivity index (χ4v) is 3.94. The first-order valence-electron chi connectivity index (χ1n) is 9.25. The van der Waals surface area contributed by atoms with E-state index in [0.29, 0.717) is 27.6 Å². The van der Waals surface area contributed by atoms with Gasteiger partial charge in [-0.1, -0.05) is 35.5 Å². The number of halogens is 2. The molecule has 1 amide bonds. The van der Waals surface area contributed by atoms with Gasteiger partial charge in [0.2, 0.25) is 5.91 Å². The molecule has 2 heterocycles. The summed E-state index contributed by atoms with van der Waals surface area (Å²) in [4.78, 5) is 34.5. The Morgan fingerprint density at radius 2 is 2.00 bits per heavy atom. The standard InChI is InChI=1S/C22H16ClFN4O2S/c1-13-8-9-25-19(10-13)28-21(30)15-4-2-3-5-18(15)27-22(28)31-12-20(29)26-14-6-7-17(24)16(23)11-14/h2-11H,12H2,1H3,(H,26,29). The molecular formula is C22H16ClFN4O2S. The number of aryl methyl sites for hydroxylation is 1. The summed E-state index contributed by atoms with van der Waals surface area (Å²) < 4.78 is 14.7. The largest absolute Gasteiger partial charge is 0.325 e. The second-order valence-electron chi connectivity index (χ2n) is 6.71. The average molecular weight is 455 g/mol. The van der Waals surface area contributed by atoms with Crippen LogP contribution in [0.25, 0.3) is 16.7 Å². The number of nitrogens with zero attached hydrogens (tertiary/aromatic N) is 3. The molecule has 0 aliphatic carbocycles. The summed E-state index contributed by atoms with van der Waals surface area (Å²) in [7, 11) is 0. The van der Waals surface area contributed by atoms with Crippen molar-refractivity contribution in [2.45, 2.75) is 12.1 Å². The summed E-state index contributed by atoms with van der Waals surface area (Å²) in [6.45, 7) is 1.90. The SMILES string of the molecule is Cc1ccnc(-n2c(SCC(=O)Nc3ccc(F)c(Cl)c3)nc3ccccc3c2=O)c1. The third kappa shape index (κ3) is 4.60. The number of benzene rings is 2. The van der Waals surface area contributed by atoms with E-state index in [4.69, 9.17) is 11.6 Å². The highest BCUT2D eigenvalue weighted by Crippen LogP contribution is 2.22. The van der Waals surface area contributed by atoms with Gasteiger partial charge >= 0.3 is 0 Å². The van der Waals surface area contributed by atoms with E-state index < -0.39 is 5.82 Å². The van der Waals surface area contributed by atoms with Gasteiger partial charge in [-0.25, -0.2) is 18.9 Å². The lowest BCUT2D eigenvalue weighted by Gasteiger charge is -2.13. The van der Waals surface area contributed by atoms with E-state index in [2.05, 4.69) is 15.3 Å². The van der Waals surface area contributed by atoms with Crippen LogP contribution in [0, 0.1) is 12.7 Å². The summed E-state index contributed by atoms with van der Waals surface area (Å²) in [5.74, 6) is -0.509. The molecule has 0 aliphatic rings. The molecule has 0 fully saturated rings. The Bertz CT molecular complexity index is 1360. The Labute approximate surface area is 186 Å². The van der Waals surface area contributed by atoms with Crippen molar-refractivity contribution < 1.29 is 9.18 Å². The molecule has 6 nitrogen and oxygen atoms in total. The highest BCUT2D eigenvalue weighted by molar-refractivity contribution is 7.99. The molecule has 31 heavy (non-hydrogen) atoms. The number of carbonyl (C=O) groups excluding carboxylic acids is 1. The molecule has 0 unspecified atom stereocenters. The Morgan fingerprint density at radius 1 is 1.19 bits per heavy atom. The van der Waals surface area contributed by atoms with Crippen molar-refractivity contribution in [1.82, 2.24) is 14.5 Å². The average Bonchev–Trinajstić information content (AvgIpc) is 2.75. The minimum atomic E-state index is -0.566. The number of thioether (sulfide) groups is 1. The highest BCUT2D eigenvalue weighted by Gasteiger charge is 2.16. The van der Waals surface area contributed by atoms with Crippen LogP contribution in [0.3, 0.4) is 0 Å². The topological polar surface area (TPSA) is 76.9 Å². The van der Waals surface area contributed by atoms with Crippen molar-refractivity contribution in [3.63, 3.8) is 0 Å². The number of hydrogen-bond donors (Lipinski definition) is 1. The number of para-hydroxylation sites is 1. The van der Waals surface area contributed by atoms with Gasteiger partial charge < -0.3 is 5.32 Å². The normalized spacial score (nSPS) is 10.9. The monoisotopic (exact) mass is 454 g/mol. The van der Waals surface area contributed by atoms with Crippen molar-refractivity contribution >= 4 is 45.9 Å². The third-order valence-electron chi connectivity index (χ3n) is 4.41. The molecule has 156 valence electrons. The van der Waals surface area contributed by atoms with Crippen LogP contribution in [0.5, 0.6) is 0 Å². The lowest BCUT2D eigenvalue weighted by Crippen LogP contribution is -2.23. The van der Waals surface area contributed by atoms with E-state index >= 15 is 0 Å². The first-order chi connectivity index (χ1) is 14.9. The number of aromatic nitrogens is 3. The summed E-state index contributed by atoms with van der Waals surface area (Å²) in [5, 5.41) is 3.38. The smallest absolute Gasteiger partial charge is 0.267 e. The van der Waals surface area contributed by atoms with E-state index in [1.54, 1.807) is 36.5 Å². The van der Waals surface area contributed by atoms with Gasteiger partial charge in [-0.05, 0) is 55.0 Å². The van der Waals surface area contributed by atoms with Gasteiger partial charge in [-0.15, -0.1) is 0 Å². The molecule has 9 heteroatoms. The van der Waals surface area contributed by atoms with Crippen LogP contribution in [-0.4, -0.2) is 26.2 Å². The van der Waals surface area contributed by atoms with Gasteiger partial charge in [0.1, 0.15) is 11.6 Å². The van der Waals surface area contributed by atoms with Gasteiger partial charge in [0.15, 0.2) is 5.16 Å². The number of rotatable bonds is 5. The van der Waals surface area contributed by atoms with Crippen LogP contribution in [0.1, 0.15) is 5.56 Å². The summed E-state index contributed by atoms with van der Waals surface area (Å²) >= 11 is 6.86. The minimum Gasteiger partial charge on any atom is -0.325 e. The first kappa shape index (κ1) is 21.0. The van der Waals surface area contributed by atoms with Crippen LogP contribution in [0.15, 0.2) is 70.7 Å². The zero-order valence-electron chi connectivity index (χ0n) is 16.3. The molecule has 2 aromatic carbocycles. The Hall–Kier alpha value is -3.23. The predicted octanol–water partition coefficient (Wildman–Crippen LogP) is 4.61. The van der Waals surface area contributed by atoms with Gasteiger partial charge in [0, 0.05) is 11.9 Å². The van der Waals surface area contributed by atoms with Crippen LogP contribution in [0.2, 0.25) is 5.02 Å². The highest BCUT2D eigenvalue weighted by atomic mass is 35.5. The number of hydrogen-bond acceptors (Lipinski definition) is 5. The van der Waals surface area contributed by atoms with E-state index in [0.717, 1.165) is 17.3 Å². The molecule has 4 aromatic rings. The lowest BCUT2D eigenvalue weighted by molar-refractivity contribution is -0.113. The van der Waals surface area contributed by atoms with Gasteiger partial charge in [0.25, 0.3) is 5.56 Å². The van der Waals surface area contributed by atoms with Crippen molar-refractivity contribution in [3.05, 3.63) is 87.6 Å². The summed E-state index contributed by atoms with van der Waals surface area (Å²) in [6, 6.07) is 14.6. The van der Waals surface area contributed by atoms with Crippen molar-refractivity contribution in [2.24, 2.45) is 0 Å². The second-order valence-corrected chi connectivity index (χ2v) is 8.06. The third-order valence-corrected chi connectivity index (χ3v) is 5.64. The minimum absolute atomic E-state index is 0.0222. The first-order valence-corrected chi connectivity index (χ1v) is 10.6. The molecule has 0 aliphatic heterocycles. The van der Waals surface area contributed by atoms with Crippen LogP contribution >= 0.6 is 23.4 Å². The number of anilines is 1. The number of nitrogens with one attached hydrogen (secondary N) is 1. The van der Waals surface area contributed by atoms with E-state index in [1.165, 1.54) is 22.8 Å². The number of carbonyl (C=O) groups is 1. The molecule has 2 aromatic heterocycles. The molecule has 0 saturated carbocycles. The summed E-state index contributed by atoms with van der Waals surface area (Å²) in [5.41, 5.74) is 1.58. The van der Waals surface area contributed by atoms with Crippen LogP contribution in [-0.2, 0) is 4.79 Å². The van der Waals surface area contributed by atoms with Gasteiger partial charge in [0.05, 0.1) is 21.7 Å². The van der Waals surface area contributed by atoms with Gasteiger partial charge in [-0.2, -0.15) is 0 Å². The molecular weight excluding hydrogens is 439 g/mol. The molecule has 0 atom stereocenters. The van der Waals surface area contributed by atoms with Crippen LogP contribution in [0.4, 0.5) is 10.1 Å². The fourth-order valence-electron chi connectivity index (χ4n) is 2.95. The maximum atomic E-state index is 13.3. The fraction of sp³-hybridized carbons (Fsp3) is 0.0909. The number of pyridine rings is 1. The molecule has 0 spiro atoms.